The van der Waals surface area contributed by atoms with E-state index >= 15 is 0 Å². The Morgan fingerprint density at radius 1 is 1.07 bits per heavy atom. The summed E-state index contributed by atoms with van der Waals surface area (Å²) in [6, 6.07) is 16.2. The minimum atomic E-state index is -3.20. The fourth-order valence-corrected chi connectivity index (χ4v) is 4.62. The van der Waals surface area contributed by atoms with Crippen molar-refractivity contribution in [1.29, 1.82) is 0 Å². The van der Waals surface area contributed by atoms with Crippen molar-refractivity contribution in [3.8, 4) is 0 Å². The van der Waals surface area contributed by atoms with Crippen molar-refractivity contribution >= 4 is 21.6 Å². The molecule has 0 aliphatic carbocycles. The topological polar surface area (TPSA) is 49.4 Å². The standard InChI is InChI=1S/C21H27ClN2O2S/c1-16(23-27(2,25)26)18-5-3-17(4-6-18)15-24-13-11-20(12-14-24)19-7-9-21(22)10-8-19/h3-10,16,20,23H,11-15H2,1-2H3/t16-/m1/s1. The monoisotopic (exact) mass is 406 g/mol. The molecule has 2 aromatic carbocycles. The van der Waals surface area contributed by atoms with E-state index in [-0.39, 0.29) is 6.04 Å². The number of likely N-dealkylation sites (tertiary alicyclic amines) is 1. The Morgan fingerprint density at radius 3 is 2.22 bits per heavy atom. The summed E-state index contributed by atoms with van der Waals surface area (Å²) in [5.74, 6) is 0.615. The van der Waals surface area contributed by atoms with Gasteiger partial charge in [-0.25, -0.2) is 13.1 Å². The van der Waals surface area contributed by atoms with Crippen LogP contribution in [0.3, 0.4) is 0 Å². The third-order valence-corrected chi connectivity index (χ3v) is 6.24. The molecular formula is C21H27ClN2O2S. The van der Waals surface area contributed by atoms with Crippen molar-refractivity contribution in [2.45, 2.75) is 38.3 Å². The quantitative estimate of drug-likeness (QED) is 0.776. The lowest BCUT2D eigenvalue weighted by Gasteiger charge is -2.32. The van der Waals surface area contributed by atoms with Crippen molar-refractivity contribution in [1.82, 2.24) is 9.62 Å². The van der Waals surface area contributed by atoms with Gasteiger partial charge in [-0.1, -0.05) is 48.0 Å². The molecule has 1 aliphatic rings. The zero-order valence-electron chi connectivity index (χ0n) is 15.9. The summed E-state index contributed by atoms with van der Waals surface area (Å²) in [6.07, 6.45) is 3.51. The van der Waals surface area contributed by atoms with E-state index in [9.17, 15) is 8.42 Å². The minimum Gasteiger partial charge on any atom is -0.299 e. The summed E-state index contributed by atoms with van der Waals surface area (Å²) in [5.41, 5.74) is 3.62. The predicted octanol–water partition coefficient (Wildman–Crippen LogP) is 4.33. The number of hydrogen-bond acceptors (Lipinski definition) is 3. The molecule has 0 radical (unpaired) electrons. The van der Waals surface area contributed by atoms with E-state index in [0.717, 1.165) is 43.1 Å². The highest BCUT2D eigenvalue weighted by Crippen LogP contribution is 2.29. The van der Waals surface area contributed by atoms with Gasteiger partial charge < -0.3 is 0 Å². The summed E-state index contributed by atoms with van der Waals surface area (Å²) < 4.78 is 25.3. The fraction of sp³-hybridized carbons (Fsp3) is 0.429. The molecule has 0 aromatic heterocycles. The number of benzene rings is 2. The Labute approximate surface area is 167 Å². The molecule has 1 fully saturated rings. The van der Waals surface area contributed by atoms with Crippen LogP contribution in [-0.2, 0) is 16.6 Å². The van der Waals surface area contributed by atoms with Crippen molar-refractivity contribution in [2.24, 2.45) is 0 Å². The second kappa shape index (κ2) is 8.74. The summed E-state index contributed by atoms with van der Waals surface area (Å²) >= 11 is 5.98. The van der Waals surface area contributed by atoms with Gasteiger partial charge in [0.1, 0.15) is 0 Å². The maximum Gasteiger partial charge on any atom is 0.209 e. The van der Waals surface area contributed by atoms with Crippen LogP contribution in [0.15, 0.2) is 48.5 Å². The summed E-state index contributed by atoms with van der Waals surface area (Å²) in [7, 11) is -3.20. The van der Waals surface area contributed by atoms with E-state index < -0.39 is 10.0 Å². The Bertz CT molecular complexity index is 843. The molecule has 1 N–H and O–H groups in total. The van der Waals surface area contributed by atoms with E-state index in [0.29, 0.717) is 5.92 Å². The number of piperidine rings is 1. The maximum atomic E-state index is 11.4. The number of halogens is 1. The van der Waals surface area contributed by atoms with E-state index in [1.165, 1.54) is 17.4 Å². The first-order valence-electron chi connectivity index (χ1n) is 9.34. The Morgan fingerprint density at radius 2 is 1.67 bits per heavy atom. The first-order valence-corrected chi connectivity index (χ1v) is 11.6. The van der Waals surface area contributed by atoms with Crippen molar-refractivity contribution in [2.75, 3.05) is 19.3 Å². The second-order valence-corrected chi connectivity index (χ2v) is 9.67. The zero-order valence-corrected chi connectivity index (χ0v) is 17.4. The number of sulfonamides is 1. The van der Waals surface area contributed by atoms with Gasteiger partial charge in [-0.15, -0.1) is 0 Å². The van der Waals surface area contributed by atoms with Crippen LogP contribution in [0.1, 0.15) is 48.4 Å². The maximum absolute atomic E-state index is 11.4. The molecule has 27 heavy (non-hydrogen) atoms. The molecule has 0 spiro atoms. The van der Waals surface area contributed by atoms with Gasteiger partial charge in [-0.2, -0.15) is 0 Å². The van der Waals surface area contributed by atoms with Crippen LogP contribution in [0.4, 0.5) is 0 Å². The molecule has 0 amide bonds. The third-order valence-electron chi connectivity index (χ3n) is 5.21. The molecule has 4 nitrogen and oxygen atoms in total. The zero-order chi connectivity index (χ0) is 19.4. The van der Waals surface area contributed by atoms with E-state index in [2.05, 4.69) is 33.9 Å². The van der Waals surface area contributed by atoms with Gasteiger partial charge >= 0.3 is 0 Å². The molecule has 1 heterocycles. The smallest absolute Gasteiger partial charge is 0.209 e. The highest BCUT2D eigenvalue weighted by atomic mass is 35.5. The number of nitrogens with zero attached hydrogens (tertiary/aromatic N) is 1. The summed E-state index contributed by atoms with van der Waals surface area (Å²) in [4.78, 5) is 2.49. The first-order chi connectivity index (χ1) is 12.8. The highest BCUT2D eigenvalue weighted by molar-refractivity contribution is 7.88. The van der Waals surface area contributed by atoms with Crippen LogP contribution in [-0.4, -0.2) is 32.7 Å². The number of hydrogen-bond donors (Lipinski definition) is 1. The normalized spacial score (nSPS) is 17.7. The summed E-state index contributed by atoms with van der Waals surface area (Å²) in [6.45, 7) is 4.96. The molecule has 2 aromatic rings. The SMILES string of the molecule is C[C@@H](NS(C)(=O)=O)c1ccc(CN2CCC(c3ccc(Cl)cc3)CC2)cc1. The lowest BCUT2D eigenvalue weighted by atomic mass is 9.89. The van der Waals surface area contributed by atoms with Crippen molar-refractivity contribution in [3.63, 3.8) is 0 Å². The Hall–Kier alpha value is -1.40. The van der Waals surface area contributed by atoms with Gasteiger partial charge in [0.25, 0.3) is 0 Å². The van der Waals surface area contributed by atoms with Gasteiger partial charge in [0.05, 0.1) is 6.26 Å². The summed E-state index contributed by atoms with van der Waals surface area (Å²) in [5, 5.41) is 0.792. The predicted molar refractivity (Wildman–Crippen MR) is 112 cm³/mol. The highest BCUT2D eigenvalue weighted by Gasteiger charge is 2.20. The molecule has 0 bridgehead atoms. The van der Waals surface area contributed by atoms with Crippen LogP contribution in [0.2, 0.25) is 5.02 Å². The first kappa shape index (κ1) is 20.3. The van der Waals surface area contributed by atoms with Crippen LogP contribution in [0.25, 0.3) is 0 Å². The molecule has 146 valence electrons. The van der Waals surface area contributed by atoms with Gasteiger partial charge in [0.15, 0.2) is 0 Å². The van der Waals surface area contributed by atoms with Crippen molar-refractivity contribution in [3.05, 3.63) is 70.2 Å². The lowest BCUT2D eigenvalue weighted by Crippen LogP contribution is -2.32. The van der Waals surface area contributed by atoms with Crippen LogP contribution in [0.5, 0.6) is 0 Å². The fourth-order valence-electron chi connectivity index (χ4n) is 3.72. The van der Waals surface area contributed by atoms with Crippen molar-refractivity contribution < 1.29 is 8.42 Å². The van der Waals surface area contributed by atoms with Crippen LogP contribution in [0, 0.1) is 0 Å². The largest absolute Gasteiger partial charge is 0.299 e. The molecule has 6 heteroatoms. The Balaban J connectivity index is 1.52. The molecule has 1 atom stereocenters. The van der Waals surface area contributed by atoms with Crippen LogP contribution < -0.4 is 4.72 Å². The second-order valence-electron chi connectivity index (χ2n) is 7.46. The van der Waals surface area contributed by atoms with Gasteiger partial charge in [-0.05, 0) is 67.6 Å². The Kier molecular flexibility index (Phi) is 6.58. The van der Waals surface area contributed by atoms with Gasteiger partial charge in [-0.3, -0.25) is 4.90 Å². The molecule has 0 unspecified atom stereocenters. The molecule has 1 aliphatic heterocycles. The third kappa shape index (κ3) is 6.04. The lowest BCUT2D eigenvalue weighted by molar-refractivity contribution is 0.204. The minimum absolute atomic E-state index is 0.218. The van der Waals surface area contributed by atoms with E-state index in [4.69, 9.17) is 11.6 Å². The average molecular weight is 407 g/mol. The number of nitrogens with one attached hydrogen (secondary N) is 1. The molecule has 1 saturated heterocycles. The van der Waals surface area contributed by atoms with E-state index in [1.54, 1.807) is 0 Å². The van der Waals surface area contributed by atoms with Gasteiger partial charge in [0.2, 0.25) is 10.0 Å². The molecule has 3 rings (SSSR count). The van der Waals surface area contributed by atoms with Gasteiger partial charge in [0, 0.05) is 17.6 Å². The number of rotatable bonds is 6. The average Bonchev–Trinajstić information content (AvgIpc) is 2.62. The van der Waals surface area contributed by atoms with Crippen LogP contribution >= 0.6 is 11.6 Å². The van der Waals surface area contributed by atoms with E-state index in [1.807, 2.05) is 31.2 Å². The molecular weight excluding hydrogens is 380 g/mol. The molecule has 0 saturated carbocycles.